The number of carbonyl (C=O) groups is 1. The summed E-state index contributed by atoms with van der Waals surface area (Å²) in [5.41, 5.74) is 5.12. The lowest BCUT2D eigenvalue weighted by atomic mass is 10.1. The van der Waals surface area contributed by atoms with Crippen LogP contribution in [0.2, 0.25) is 0 Å². The zero-order chi connectivity index (χ0) is 18.4. The van der Waals surface area contributed by atoms with Crippen molar-refractivity contribution in [1.82, 2.24) is 15.3 Å². The first-order valence-corrected chi connectivity index (χ1v) is 9.45. The van der Waals surface area contributed by atoms with Crippen molar-refractivity contribution >= 4 is 17.7 Å². The predicted octanol–water partition coefficient (Wildman–Crippen LogP) is 4.17. The largest absolute Gasteiger partial charge is 0.351 e. The van der Waals surface area contributed by atoms with E-state index in [4.69, 9.17) is 0 Å². The van der Waals surface area contributed by atoms with Gasteiger partial charge >= 0.3 is 0 Å². The summed E-state index contributed by atoms with van der Waals surface area (Å²) in [5, 5.41) is 3.54. The van der Waals surface area contributed by atoms with Gasteiger partial charge in [0.25, 0.3) is 0 Å². The predicted molar refractivity (Wildman–Crippen MR) is 106 cm³/mol. The van der Waals surface area contributed by atoms with E-state index in [0.717, 1.165) is 22.5 Å². The summed E-state index contributed by atoms with van der Waals surface area (Å²) in [6, 6.07) is 20.1. The molecule has 0 atom stereocenters. The smallest absolute Gasteiger partial charge is 0.230 e. The Balaban J connectivity index is 1.61. The van der Waals surface area contributed by atoms with Crippen LogP contribution in [0.4, 0.5) is 0 Å². The number of rotatable bonds is 6. The Morgan fingerprint density at radius 1 is 1.00 bits per heavy atom. The van der Waals surface area contributed by atoms with Gasteiger partial charge in [0, 0.05) is 17.8 Å². The van der Waals surface area contributed by atoms with Gasteiger partial charge in [0.1, 0.15) is 0 Å². The maximum Gasteiger partial charge on any atom is 0.230 e. The van der Waals surface area contributed by atoms with E-state index in [0.29, 0.717) is 17.5 Å². The molecule has 0 aliphatic rings. The summed E-state index contributed by atoms with van der Waals surface area (Å²) in [7, 11) is 0. The molecule has 132 valence electrons. The second kappa shape index (κ2) is 8.63. The van der Waals surface area contributed by atoms with Crippen LogP contribution in [0, 0.1) is 13.8 Å². The molecule has 1 amide bonds. The molecule has 5 heteroatoms. The van der Waals surface area contributed by atoms with Crippen LogP contribution >= 0.6 is 11.8 Å². The van der Waals surface area contributed by atoms with Gasteiger partial charge in [0.2, 0.25) is 5.91 Å². The van der Waals surface area contributed by atoms with Crippen LogP contribution in [-0.2, 0) is 11.3 Å². The molecule has 0 saturated carbocycles. The molecule has 26 heavy (non-hydrogen) atoms. The summed E-state index contributed by atoms with van der Waals surface area (Å²) in [6.07, 6.45) is 0. The summed E-state index contributed by atoms with van der Waals surface area (Å²) in [6.45, 7) is 4.53. The van der Waals surface area contributed by atoms with Gasteiger partial charge in [0.05, 0.1) is 11.4 Å². The van der Waals surface area contributed by atoms with Gasteiger partial charge in [-0.05, 0) is 25.5 Å². The maximum absolute atomic E-state index is 12.1. The van der Waals surface area contributed by atoms with Crippen LogP contribution in [0.25, 0.3) is 11.3 Å². The van der Waals surface area contributed by atoms with Crippen molar-refractivity contribution in [3.8, 4) is 11.3 Å². The molecule has 0 fully saturated rings. The molecular weight excluding hydrogens is 342 g/mol. The van der Waals surface area contributed by atoms with Crippen molar-refractivity contribution < 1.29 is 4.79 Å². The Labute approximate surface area is 158 Å². The third kappa shape index (κ3) is 5.17. The number of aromatic nitrogens is 2. The van der Waals surface area contributed by atoms with Gasteiger partial charge in [-0.2, -0.15) is 0 Å². The van der Waals surface area contributed by atoms with Crippen LogP contribution in [-0.4, -0.2) is 21.6 Å². The lowest BCUT2D eigenvalue weighted by molar-refractivity contribution is -0.118. The van der Waals surface area contributed by atoms with E-state index in [-0.39, 0.29) is 5.91 Å². The topological polar surface area (TPSA) is 54.9 Å². The number of nitrogens with zero attached hydrogens (tertiary/aromatic N) is 2. The van der Waals surface area contributed by atoms with Crippen molar-refractivity contribution in [3.05, 3.63) is 77.5 Å². The monoisotopic (exact) mass is 363 g/mol. The molecule has 3 aromatic rings. The van der Waals surface area contributed by atoms with E-state index in [1.165, 1.54) is 17.3 Å². The molecule has 1 heterocycles. The first-order chi connectivity index (χ1) is 12.6. The van der Waals surface area contributed by atoms with Crippen molar-refractivity contribution in [1.29, 1.82) is 0 Å². The molecule has 1 N–H and O–H groups in total. The van der Waals surface area contributed by atoms with Crippen LogP contribution in [0.3, 0.4) is 0 Å². The Morgan fingerprint density at radius 2 is 1.73 bits per heavy atom. The average Bonchev–Trinajstić information content (AvgIpc) is 2.66. The Bertz CT molecular complexity index is 880. The fraction of sp³-hybridized carbons (Fsp3) is 0.190. The number of carbonyl (C=O) groups excluding carboxylic acids is 1. The standard InChI is InChI=1S/C21H21N3OS/c1-15-8-10-18(11-9-15)19-12-16(2)23-21(24-19)26-14-20(25)22-13-17-6-4-3-5-7-17/h3-12H,13-14H2,1-2H3,(H,22,25). The summed E-state index contributed by atoms with van der Waals surface area (Å²) in [5.74, 6) is 0.268. The highest BCUT2D eigenvalue weighted by atomic mass is 32.2. The Kier molecular flexibility index (Phi) is 6.02. The molecule has 0 saturated heterocycles. The fourth-order valence-electron chi connectivity index (χ4n) is 2.46. The molecule has 0 unspecified atom stereocenters. The molecule has 3 rings (SSSR count). The molecule has 0 spiro atoms. The number of hydrogen-bond donors (Lipinski definition) is 1. The van der Waals surface area contributed by atoms with Crippen molar-refractivity contribution in [2.75, 3.05) is 5.75 Å². The van der Waals surface area contributed by atoms with Crippen LogP contribution < -0.4 is 5.32 Å². The lowest BCUT2D eigenvalue weighted by Crippen LogP contribution is -2.24. The summed E-state index contributed by atoms with van der Waals surface area (Å²) >= 11 is 1.36. The normalized spacial score (nSPS) is 10.5. The van der Waals surface area contributed by atoms with Crippen LogP contribution in [0.15, 0.2) is 65.8 Å². The first-order valence-electron chi connectivity index (χ1n) is 8.46. The van der Waals surface area contributed by atoms with E-state index in [1.807, 2.05) is 43.3 Å². The molecule has 0 radical (unpaired) electrons. The highest BCUT2D eigenvalue weighted by Gasteiger charge is 2.08. The first kappa shape index (κ1) is 18.1. The second-order valence-electron chi connectivity index (χ2n) is 6.09. The molecule has 0 bridgehead atoms. The quantitative estimate of drug-likeness (QED) is 0.527. The number of benzene rings is 2. The van der Waals surface area contributed by atoms with E-state index in [1.54, 1.807) is 0 Å². The number of aryl methyl sites for hydroxylation is 2. The van der Waals surface area contributed by atoms with Crippen LogP contribution in [0.1, 0.15) is 16.8 Å². The minimum absolute atomic E-state index is 0.0270. The maximum atomic E-state index is 12.1. The second-order valence-corrected chi connectivity index (χ2v) is 7.04. The van der Waals surface area contributed by atoms with Gasteiger partial charge < -0.3 is 5.32 Å². The van der Waals surface area contributed by atoms with Gasteiger partial charge in [-0.3, -0.25) is 4.79 Å². The van der Waals surface area contributed by atoms with Crippen LogP contribution in [0.5, 0.6) is 0 Å². The minimum atomic E-state index is -0.0270. The minimum Gasteiger partial charge on any atom is -0.351 e. The number of amides is 1. The molecule has 0 aliphatic carbocycles. The highest BCUT2D eigenvalue weighted by molar-refractivity contribution is 7.99. The SMILES string of the molecule is Cc1ccc(-c2cc(C)nc(SCC(=O)NCc3ccccc3)n2)cc1. The lowest BCUT2D eigenvalue weighted by Gasteiger charge is -2.07. The van der Waals surface area contributed by atoms with Crippen molar-refractivity contribution in [2.24, 2.45) is 0 Å². The Morgan fingerprint density at radius 3 is 2.46 bits per heavy atom. The average molecular weight is 363 g/mol. The van der Waals surface area contributed by atoms with E-state index in [2.05, 4.69) is 46.5 Å². The summed E-state index contributed by atoms with van der Waals surface area (Å²) < 4.78 is 0. The summed E-state index contributed by atoms with van der Waals surface area (Å²) in [4.78, 5) is 21.1. The van der Waals surface area contributed by atoms with E-state index >= 15 is 0 Å². The zero-order valence-corrected chi connectivity index (χ0v) is 15.7. The molecule has 0 aliphatic heterocycles. The number of nitrogens with one attached hydrogen (secondary N) is 1. The zero-order valence-electron chi connectivity index (χ0n) is 14.9. The van der Waals surface area contributed by atoms with Gasteiger partial charge in [-0.25, -0.2) is 9.97 Å². The van der Waals surface area contributed by atoms with Crippen molar-refractivity contribution in [3.63, 3.8) is 0 Å². The van der Waals surface area contributed by atoms with Gasteiger partial charge in [0.15, 0.2) is 5.16 Å². The molecule has 2 aromatic carbocycles. The highest BCUT2D eigenvalue weighted by Crippen LogP contribution is 2.22. The fourth-order valence-corrected chi connectivity index (χ4v) is 3.19. The van der Waals surface area contributed by atoms with Crippen molar-refractivity contribution in [2.45, 2.75) is 25.5 Å². The van der Waals surface area contributed by atoms with Gasteiger partial charge in [-0.15, -0.1) is 0 Å². The molecular formula is C21H21N3OS. The number of thioether (sulfide) groups is 1. The van der Waals surface area contributed by atoms with E-state index in [9.17, 15) is 4.79 Å². The molecule has 1 aromatic heterocycles. The Hall–Kier alpha value is -2.66. The van der Waals surface area contributed by atoms with E-state index < -0.39 is 0 Å². The third-order valence-corrected chi connectivity index (χ3v) is 4.69. The molecule has 4 nitrogen and oxygen atoms in total. The van der Waals surface area contributed by atoms with Gasteiger partial charge in [-0.1, -0.05) is 71.9 Å². The third-order valence-electron chi connectivity index (χ3n) is 3.85. The number of hydrogen-bond acceptors (Lipinski definition) is 4.